The first-order chi connectivity index (χ1) is 10.0. The van der Waals surface area contributed by atoms with Gasteiger partial charge in [0.2, 0.25) is 0 Å². The van der Waals surface area contributed by atoms with E-state index < -0.39 is 6.10 Å². The molecule has 1 N–H and O–H groups in total. The molecule has 0 aliphatic heterocycles. The number of benzene rings is 2. The van der Waals surface area contributed by atoms with Gasteiger partial charge < -0.3 is 10.1 Å². The third-order valence-electron chi connectivity index (χ3n) is 3.04. The Morgan fingerprint density at radius 2 is 1.95 bits per heavy atom. The van der Waals surface area contributed by atoms with E-state index in [4.69, 9.17) is 4.74 Å². The van der Waals surface area contributed by atoms with E-state index in [2.05, 4.69) is 5.32 Å². The van der Waals surface area contributed by atoms with Crippen LogP contribution in [0.1, 0.15) is 18.1 Å². The summed E-state index contributed by atoms with van der Waals surface area (Å²) in [5.74, 6) is -0.0747. The van der Waals surface area contributed by atoms with Crippen molar-refractivity contribution in [2.75, 3.05) is 0 Å². The Morgan fingerprint density at radius 3 is 2.62 bits per heavy atom. The molecule has 0 saturated heterocycles. The van der Waals surface area contributed by atoms with Gasteiger partial charge in [-0.05, 0) is 43.7 Å². The molecule has 3 nitrogen and oxygen atoms in total. The molecule has 0 heterocycles. The van der Waals surface area contributed by atoms with E-state index in [1.165, 1.54) is 24.3 Å². The third kappa shape index (κ3) is 4.60. The topological polar surface area (TPSA) is 38.3 Å². The summed E-state index contributed by atoms with van der Waals surface area (Å²) < 4.78 is 18.3. The van der Waals surface area contributed by atoms with Crippen molar-refractivity contribution < 1.29 is 13.9 Å². The normalized spacial score (nSPS) is 11.8. The molecule has 0 aliphatic rings. The van der Waals surface area contributed by atoms with E-state index in [0.29, 0.717) is 12.3 Å². The van der Waals surface area contributed by atoms with Gasteiger partial charge in [0.25, 0.3) is 5.91 Å². The van der Waals surface area contributed by atoms with Crippen LogP contribution in [0.15, 0.2) is 48.5 Å². The summed E-state index contributed by atoms with van der Waals surface area (Å²) in [5, 5.41) is 2.82. The molecule has 2 aromatic rings. The molecule has 0 unspecified atom stereocenters. The molecule has 110 valence electrons. The highest BCUT2D eigenvalue weighted by Gasteiger charge is 2.14. The van der Waals surface area contributed by atoms with Gasteiger partial charge in [-0.25, -0.2) is 4.39 Å². The maximum Gasteiger partial charge on any atom is 0.261 e. The van der Waals surface area contributed by atoms with Crippen LogP contribution in [0.25, 0.3) is 0 Å². The maximum atomic E-state index is 12.8. The molecule has 0 spiro atoms. The molecule has 21 heavy (non-hydrogen) atoms. The number of aryl methyl sites for hydroxylation is 1. The number of ether oxygens (including phenoxy) is 1. The fraction of sp³-hybridized carbons (Fsp3) is 0.235. The van der Waals surface area contributed by atoms with Crippen LogP contribution in [0.3, 0.4) is 0 Å². The van der Waals surface area contributed by atoms with Gasteiger partial charge >= 0.3 is 0 Å². The Labute approximate surface area is 123 Å². The molecule has 4 heteroatoms. The Kier molecular flexibility index (Phi) is 4.93. The lowest BCUT2D eigenvalue weighted by atomic mass is 10.1. The van der Waals surface area contributed by atoms with Gasteiger partial charge in [0.1, 0.15) is 11.6 Å². The number of carbonyl (C=O) groups excluding carboxylic acids is 1. The number of amides is 1. The highest BCUT2D eigenvalue weighted by Crippen LogP contribution is 2.13. The summed E-state index contributed by atoms with van der Waals surface area (Å²) in [6.45, 7) is 4.12. The van der Waals surface area contributed by atoms with Gasteiger partial charge in [-0.2, -0.15) is 0 Å². The number of carbonyl (C=O) groups is 1. The van der Waals surface area contributed by atoms with Crippen LogP contribution >= 0.6 is 0 Å². The Balaban J connectivity index is 1.86. The lowest BCUT2D eigenvalue weighted by Gasteiger charge is -2.14. The van der Waals surface area contributed by atoms with Gasteiger partial charge in [-0.3, -0.25) is 4.79 Å². The van der Waals surface area contributed by atoms with Crippen molar-refractivity contribution in [2.45, 2.75) is 26.5 Å². The van der Waals surface area contributed by atoms with E-state index in [0.717, 1.165) is 11.1 Å². The van der Waals surface area contributed by atoms with Crippen LogP contribution < -0.4 is 10.1 Å². The summed E-state index contributed by atoms with van der Waals surface area (Å²) >= 11 is 0. The summed E-state index contributed by atoms with van der Waals surface area (Å²) in [7, 11) is 0. The zero-order valence-corrected chi connectivity index (χ0v) is 12.1. The molecule has 2 aromatic carbocycles. The molecule has 0 radical (unpaired) electrons. The molecular formula is C17H18FNO2. The second-order valence-electron chi connectivity index (χ2n) is 4.92. The lowest BCUT2D eigenvalue weighted by molar-refractivity contribution is -0.127. The van der Waals surface area contributed by atoms with E-state index in [1.54, 1.807) is 6.92 Å². The fourth-order valence-electron chi connectivity index (χ4n) is 1.93. The summed E-state index contributed by atoms with van der Waals surface area (Å²) in [6, 6.07) is 13.5. The van der Waals surface area contributed by atoms with Gasteiger partial charge in [0.15, 0.2) is 6.10 Å². The monoisotopic (exact) mass is 287 g/mol. The summed E-state index contributed by atoms with van der Waals surface area (Å²) in [5.41, 5.74) is 2.19. The lowest BCUT2D eigenvalue weighted by Crippen LogP contribution is -2.35. The number of rotatable bonds is 5. The quantitative estimate of drug-likeness (QED) is 0.917. The van der Waals surface area contributed by atoms with Crippen molar-refractivity contribution in [3.05, 3.63) is 65.5 Å². The Bertz CT molecular complexity index is 610. The van der Waals surface area contributed by atoms with Crippen LogP contribution in [0.4, 0.5) is 4.39 Å². The molecule has 0 fully saturated rings. The number of nitrogens with one attached hydrogen (secondary N) is 1. The summed E-state index contributed by atoms with van der Waals surface area (Å²) in [4.78, 5) is 12.0. The van der Waals surface area contributed by atoms with Gasteiger partial charge in [0.05, 0.1) is 0 Å². The highest BCUT2D eigenvalue weighted by molar-refractivity contribution is 5.80. The van der Waals surface area contributed by atoms with Crippen molar-refractivity contribution in [3.63, 3.8) is 0 Å². The van der Waals surface area contributed by atoms with Gasteiger partial charge in [-0.15, -0.1) is 0 Å². The minimum Gasteiger partial charge on any atom is -0.481 e. The molecule has 0 saturated carbocycles. The SMILES string of the molecule is Cc1cccc(CNC(=O)[C@H](C)Oc2ccc(F)cc2)c1. The zero-order chi connectivity index (χ0) is 15.2. The van der Waals surface area contributed by atoms with E-state index >= 15 is 0 Å². The zero-order valence-electron chi connectivity index (χ0n) is 12.1. The third-order valence-corrected chi connectivity index (χ3v) is 3.04. The van der Waals surface area contributed by atoms with Crippen molar-refractivity contribution in [1.82, 2.24) is 5.32 Å². The van der Waals surface area contributed by atoms with Crippen molar-refractivity contribution in [2.24, 2.45) is 0 Å². The van der Waals surface area contributed by atoms with Crippen molar-refractivity contribution in [1.29, 1.82) is 0 Å². The number of hydrogen-bond acceptors (Lipinski definition) is 2. The van der Waals surface area contributed by atoms with Crippen LogP contribution in [0.5, 0.6) is 5.75 Å². The molecule has 0 aliphatic carbocycles. The van der Waals surface area contributed by atoms with Crippen LogP contribution in [-0.2, 0) is 11.3 Å². The van der Waals surface area contributed by atoms with E-state index in [9.17, 15) is 9.18 Å². The van der Waals surface area contributed by atoms with Crippen LogP contribution in [-0.4, -0.2) is 12.0 Å². The maximum absolute atomic E-state index is 12.8. The van der Waals surface area contributed by atoms with Crippen molar-refractivity contribution in [3.8, 4) is 5.75 Å². The van der Waals surface area contributed by atoms with Gasteiger partial charge in [-0.1, -0.05) is 29.8 Å². The van der Waals surface area contributed by atoms with Crippen molar-refractivity contribution >= 4 is 5.91 Å². The van der Waals surface area contributed by atoms with E-state index in [1.807, 2.05) is 31.2 Å². The second-order valence-corrected chi connectivity index (χ2v) is 4.92. The smallest absolute Gasteiger partial charge is 0.261 e. The van der Waals surface area contributed by atoms with Gasteiger partial charge in [0, 0.05) is 6.54 Å². The standard InChI is InChI=1S/C17H18FNO2/c1-12-4-3-5-14(10-12)11-19-17(20)13(2)21-16-8-6-15(18)7-9-16/h3-10,13H,11H2,1-2H3,(H,19,20)/t13-/m0/s1. The molecule has 0 bridgehead atoms. The number of halogens is 1. The van der Waals surface area contributed by atoms with Crippen LogP contribution in [0.2, 0.25) is 0 Å². The molecule has 1 atom stereocenters. The first-order valence-electron chi connectivity index (χ1n) is 6.80. The highest BCUT2D eigenvalue weighted by atomic mass is 19.1. The molecule has 1 amide bonds. The minimum atomic E-state index is -0.639. The Hall–Kier alpha value is -2.36. The second kappa shape index (κ2) is 6.88. The molecule has 0 aromatic heterocycles. The average molecular weight is 287 g/mol. The fourth-order valence-corrected chi connectivity index (χ4v) is 1.93. The predicted octanol–water partition coefficient (Wildman–Crippen LogP) is 3.22. The number of hydrogen-bond donors (Lipinski definition) is 1. The van der Waals surface area contributed by atoms with Crippen LogP contribution in [0, 0.1) is 12.7 Å². The first kappa shape index (κ1) is 15.0. The first-order valence-corrected chi connectivity index (χ1v) is 6.80. The minimum absolute atomic E-state index is 0.208. The summed E-state index contributed by atoms with van der Waals surface area (Å²) in [6.07, 6.45) is -0.639. The van der Waals surface area contributed by atoms with E-state index in [-0.39, 0.29) is 11.7 Å². The molecule has 2 rings (SSSR count). The largest absolute Gasteiger partial charge is 0.481 e. The predicted molar refractivity (Wildman–Crippen MR) is 79.5 cm³/mol. The average Bonchev–Trinajstić information content (AvgIpc) is 2.47. The molecular weight excluding hydrogens is 269 g/mol. The Morgan fingerprint density at radius 1 is 1.24 bits per heavy atom.